The van der Waals surface area contributed by atoms with Gasteiger partial charge in [-0.05, 0) is 23.8 Å². The van der Waals surface area contributed by atoms with Crippen LogP contribution in [-0.4, -0.2) is 14.6 Å². The van der Waals surface area contributed by atoms with Crippen LogP contribution in [0.3, 0.4) is 0 Å². The lowest BCUT2D eigenvalue weighted by atomic mass is 9.89. The lowest BCUT2D eigenvalue weighted by Crippen LogP contribution is -2.12. The van der Waals surface area contributed by atoms with E-state index in [0.717, 1.165) is 5.65 Å². The summed E-state index contributed by atoms with van der Waals surface area (Å²) in [6.07, 6.45) is 6.65. The molecule has 3 rings (SSSR count). The van der Waals surface area contributed by atoms with Gasteiger partial charge in [0.1, 0.15) is 0 Å². The van der Waals surface area contributed by atoms with Crippen molar-refractivity contribution in [3.8, 4) is 0 Å². The average Bonchev–Trinajstić information content (AvgIpc) is 2.96. The summed E-state index contributed by atoms with van der Waals surface area (Å²) in [6.45, 7) is 6.59. The van der Waals surface area contributed by atoms with E-state index in [2.05, 4.69) is 43.1 Å². The standard InChI is InChI=1S/C13H17N3/c1-13(2,3)10-7-14-12-6-11(9-4-5-9)15-16(12)8-10/h6-9H,4-5H2,1-3H3. The average molecular weight is 215 g/mol. The van der Waals surface area contributed by atoms with E-state index in [-0.39, 0.29) is 5.41 Å². The minimum atomic E-state index is 0.132. The highest BCUT2D eigenvalue weighted by atomic mass is 15.2. The van der Waals surface area contributed by atoms with E-state index in [1.807, 2.05) is 10.7 Å². The van der Waals surface area contributed by atoms with Gasteiger partial charge >= 0.3 is 0 Å². The van der Waals surface area contributed by atoms with Gasteiger partial charge < -0.3 is 0 Å². The molecular weight excluding hydrogens is 198 g/mol. The van der Waals surface area contributed by atoms with Crippen molar-refractivity contribution in [2.45, 2.75) is 44.9 Å². The maximum atomic E-state index is 4.60. The molecule has 2 aromatic rings. The van der Waals surface area contributed by atoms with Gasteiger partial charge in [-0.2, -0.15) is 5.10 Å². The van der Waals surface area contributed by atoms with Crippen LogP contribution < -0.4 is 0 Å². The highest BCUT2D eigenvalue weighted by Gasteiger charge is 2.26. The second-order valence-corrected chi connectivity index (χ2v) is 5.74. The first kappa shape index (κ1) is 9.82. The van der Waals surface area contributed by atoms with Crippen molar-refractivity contribution in [3.05, 3.63) is 29.7 Å². The third-order valence-electron chi connectivity index (χ3n) is 3.19. The zero-order valence-electron chi connectivity index (χ0n) is 10.1. The first-order valence-corrected chi connectivity index (χ1v) is 5.90. The molecule has 0 aromatic carbocycles. The Kier molecular flexibility index (Phi) is 1.88. The number of aromatic nitrogens is 3. The van der Waals surface area contributed by atoms with Crippen molar-refractivity contribution in [2.75, 3.05) is 0 Å². The minimum absolute atomic E-state index is 0.132. The van der Waals surface area contributed by atoms with Gasteiger partial charge in [-0.15, -0.1) is 0 Å². The van der Waals surface area contributed by atoms with Gasteiger partial charge in [0.25, 0.3) is 0 Å². The monoisotopic (exact) mass is 215 g/mol. The fourth-order valence-electron chi connectivity index (χ4n) is 1.86. The Bertz CT molecular complexity index is 530. The highest BCUT2D eigenvalue weighted by molar-refractivity contribution is 5.41. The molecule has 0 radical (unpaired) electrons. The van der Waals surface area contributed by atoms with Crippen LogP contribution in [-0.2, 0) is 5.41 Å². The predicted molar refractivity (Wildman–Crippen MR) is 63.7 cm³/mol. The van der Waals surface area contributed by atoms with Crippen LogP contribution in [0.15, 0.2) is 18.5 Å². The summed E-state index contributed by atoms with van der Waals surface area (Å²) in [7, 11) is 0. The molecular formula is C13H17N3. The van der Waals surface area contributed by atoms with Crippen molar-refractivity contribution in [2.24, 2.45) is 0 Å². The summed E-state index contributed by atoms with van der Waals surface area (Å²) < 4.78 is 1.92. The molecule has 3 nitrogen and oxygen atoms in total. The van der Waals surface area contributed by atoms with Gasteiger partial charge in [0.2, 0.25) is 0 Å². The molecule has 0 aliphatic heterocycles. The second-order valence-electron chi connectivity index (χ2n) is 5.74. The van der Waals surface area contributed by atoms with Crippen LogP contribution in [0.1, 0.15) is 50.8 Å². The SMILES string of the molecule is CC(C)(C)c1cnc2cc(C3CC3)nn2c1. The van der Waals surface area contributed by atoms with Crippen molar-refractivity contribution in [1.82, 2.24) is 14.6 Å². The fourth-order valence-corrected chi connectivity index (χ4v) is 1.86. The molecule has 3 heteroatoms. The van der Waals surface area contributed by atoms with E-state index in [1.165, 1.54) is 24.1 Å². The van der Waals surface area contributed by atoms with Gasteiger partial charge in [0.15, 0.2) is 5.65 Å². The molecule has 0 N–H and O–H groups in total. The first-order chi connectivity index (χ1) is 7.54. The van der Waals surface area contributed by atoms with Gasteiger partial charge in [0.05, 0.1) is 5.69 Å². The lowest BCUT2D eigenvalue weighted by molar-refractivity contribution is 0.581. The molecule has 1 saturated carbocycles. The summed E-state index contributed by atoms with van der Waals surface area (Å²) >= 11 is 0. The number of hydrogen-bond acceptors (Lipinski definition) is 2. The van der Waals surface area contributed by atoms with E-state index in [1.54, 1.807) is 0 Å². The third kappa shape index (κ3) is 1.60. The lowest BCUT2D eigenvalue weighted by Gasteiger charge is -2.17. The Morgan fingerprint density at radius 2 is 2.06 bits per heavy atom. The van der Waals surface area contributed by atoms with Crippen molar-refractivity contribution in [1.29, 1.82) is 0 Å². The maximum absolute atomic E-state index is 4.60. The van der Waals surface area contributed by atoms with E-state index >= 15 is 0 Å². The molecule has 0 spiro atoms. The van der Waals surface area contributed by atoms with Crippen molar-refractivity contribution < 1.29 is 0 Å². The molecule has 1 aliphatic carbocycles. The van der Waals surface area contributed by atoms with Crippen LogP contribution in [0.2, 0.25) is 0 Å². The van der Waals surface area contributed by atoms with Crippen LogP contribution >= 0.6 is 0 Å². The van der Waals surface area contributed by atoms with Gasteiger partial charge in [-0.1, -0.05) is 20.8 Å². The summed E-state index contributed by atoms with van der Waals surface area (Å²) in [5, 5.41) is 4.60. The number of rotatable bonds is 1. The Morgan fingerprint density at radius 1 is 1.31 bits per heavy atom. The van der Waals surface area contributed by atoms with Crippen LogP contribution in [0.25, 0.3) is 5.65 Å². The highest BCUT2D eigenvalue weighted by Crippen LogP contribution is 2.39. The summed E-state index contributed by atoms with van der Waals surface area (Å²) in [5.74, 6) is 0.694. The molecule has 0 saturated heterocycles. The minimum Gasteiger partial charge on any atom is -0.237 e. The van der Waals surface area contributed by atoms with Crippen molar-refractivity contribution in [3.63, 3.8) is 0 Å². The van der Waals surface area contributed by atoms with E-state index in [4.69, 9.17) is 0 Å². The van der Waals surface area contributed by atoms with Crippen LogP contribution in [0, 0.1) is 0 Å². The molecule has 2 heterocycles. The zero-order chi connectivity index (χ0) is 11.3. The van der Waals surface area contributed by atoms with E-state index in [0.29, 0.717) is 5.92 Å². The fraction of sp³-hybridized carbons (Fsp3) is 0.538. The molecule has 1 aliphatic rings. The molecule has 16 heavy (non-hydrogen) atoms. The summed E-state index contributed by atoms with van der Waals surface area (Å²) in [4.78, 5) is 4.48. The van der Waals surface area contributed by atoms with Gasteiger partial charge in [0, 0.05) is 24.4 Å². The Morgan fingerprint density at radius 3 is 2.69 bits per heavy atom. The smallest absolute Gasteiger partial charge is 0.155 e. The van der Waals surface area contributed by atoms with Crippen LogP contribution in [0.5, 0.6) is 0 Å². The molecule has 0 unspecified atom stereocenters. The molecule has 0 atom stereocenters. The summed E-state index contributed by atoms with van der Waals surface area (Å²) in [5.41, 5.74) is 3.53. The molecule has 2 aromatic heterocycles. The number of hydrogen-bond donors (Lipinski definition) is 0. The first-order valence-electron chi connectivity index (χ1n) is 5.90. The zero-order valence-corrected chi connectivity index (χ0v) is 10.1. The number of fused-ring (bicyclic) bond motifs is 1. The topological polar surface area (TPSA) is 30.2 Å². The van der Waals surface area contributed by atoms with E-state index < -0.39 is 0 Å². The Balaban J connectivity index is 2.10. The summed E-state index contributed by atoms with van der Waals surface area (Å²) in [6, 6.07) is 2.12. The molecule has 0 amide bonds. The van der Waals surface area contributed by atoms with Gasteiger partial charge in [-0.25, -0.2) is 9.50 Å². The third-order valence-corrected chi connectivity index (χ3v) is 3.19. The second kappa shape index (κ2) is 3.06. The largest absolute Gasteiger partial charge is 0.237 e. The van der Waals surface area contributed by atoms with E-state index in [9.17, 15) is 0 Å². The predicted octanol–water partition coefficient (Wildman–Crippen LogP) is 2.90. The maximum Gasteiger partial charge on any atom is 0.155 e. The quantitative estimate of drug-likeness (QED) is 0.732. The van der Waals surface area contributed by atoms with Crippen LogP contribution in [0.4, 0.5) is 0 Å². The molecule has 1 fully saturated rings. The normalized spacial score (nSPS) is 16.9. The molecule has 84 valence electrons. The van der Waals surface area contributed by atoms with Crippen molar-refractivity contribution >= 4 is 5.65 Å². The Hall–Kier alpha value is -1.38. The van der Waals surface area contributed by atoms with Gasteiger partial charge in [-0.3, -0.25) is 0 Å². The Labute approximate surface area is 95.5 Å². The number of nitrogens with zero attached hydrogens (tertiary/aromatic N) is 3. The molecule has 0 bridgehead atoms.